The van der Waals surface area contributed by atoms with Crippen molar-refractivity contribution in [1.29, 1.82) is 0 Å². The van der Waals surface area contributed by atoms with Crippen LogP contribution >= 0.6 is 11.6 Å². The first-order valence-electron chi connectivity index (χ1n) is 6.65. The van der Waals surface area contributed by atoms with E-state index in [0.717, 1.165) is 43.8 Å². The van der Waals surface area contributed by atoms with Crippen LogP contribution in [0.4, 0.5) is 5.95 Å². The van der Waals surface area contributed by atoms with Crippen molar-refractivity contribution in [3.8, 4) is 0 Å². The number of nitrogen functional groups attached to an aromatic ring is 1. The van der Waals surface area contributed by atoms with E-state index in [1.54, 1.807) is 12.3 Å². The van der Waals surface area contributed by atoms with Gasteiger partial charge < -0.3 is 10.6 Å². The Kier molecular flexibility index (Phi) is 4.61. The van der Waals surface area contributed by atoms with Gasteiger partial charge in [0.05, 0.1) is 5.02 Å². The van der Waals surface area contributed by atoms with E-state index in [2.05, 4.69) is 28.7 Å². The van der Waals surface area contributed by atoms with Crippen molar-refractivity contribution in [2.75, 3.05) is 25.4 Å². The largest absolute Gasteiger partial charge is 0.369 e. The summed E-state index contributed by atoms with van der Waals surface area (Å²) in [6.07, 6.45) is 2.66. The molecule has 2 N–H and O–H groups in total. The number of rotatable bonds is 6. The zero-order valence-electron chi connectivity index (χ0n) is 11.4. The van der Waals surface area contributed by atoms with E-state index < -0.39 is 0 Å². The molecule has 5 nitrogen and oxygen atoms in total. The van der Waals surface area contributed by atoms with Gasteiger partial charge in [-0.25, -0.2) is 9.97 Å². The van der Waals surface area contributed by atoms with Crippen molar-refractivity contribution in [1.82, 2.24) is 19.4 Å². The van der Waals surface area contributed by atoms with E-state index in [1.807, 2.05) is 4.57 Å². The fourth-order valence-corrected chi connectivity index (χ4v) is 2.37. The molecule has 0 aromatic carbocycles. The third kappa shape index (κ3) is 3.16. The summed E-state index contributed by atoms with van der Waals surface area (Å²) in [6, 6.07) is 1.79. The first-order chi connectivity index (χ1) is 9.15. The van der Waals surface area contributed by atoms with Crippen molar-refractivity contribution in [3.05, 3.63) is 17.3 Å². The van der Waals surface area contributed by atoms with Crippen LogP contribution in [0, 0.1) is 0 Å². The maximum Gasteiger partial charge on any atom is 0.202 e. The average molecular weight is 282 g/mol. The first-order valence-corrected chi connectivity index (χ1v) is 7.03. The van der Waals surface area contributed by atoms with Crippen LogP contribution in [-0.2, 0) is 6.54 Å². The van der Waals surface area contributed by atoms with Crippen molar-refractivity contribution >= 4 is 28.7 Å². The lowest BCUT2D eigenvalue weighted by molar-refractivity contribution is 0.294. The molecule has 2 rings (SSSR count). The maximum absolute atomic E-state index is 5.94. The minimum absolute atomic E-state index is 0.504. The first kappa shape index (κ1) is 14.1. The predicted octanol–water partition coefficient (Wildman–Crippen LogP) is 2.40. The number of hydrogen-bond donors (Lipinski definition) is 1. The van der Waals surface area contributed by atoms with Crippen LogP contribution in [-0.4, -0.2) is 39.1 Å². The third-order valence-corrected chi connectivity index (χ3v) is 3.54. The number of aromatic nitrogens is 3. The number of pyridine rings is 1. The number of fused-ring (bicyclic) bond motifs is 1. The number of hydrogen-bond acceptors (Lipinski definition) is 4. The van der Waals surface area contributed by atoms with Gasteiger partial charge in [-0.3, -0.25) is 4.57 Å². The zero-order chi connectivity index (χ0) is 13.8. The highest BCUT2D eigenvalue weighted by Gasteiger charge is 2.10. The Morgan fingerprint density at radius 3 is 2.79 bits per heavy atom. The number of nitrogens with zero attached hydrogens (tertiary/aromatic N) is 4. The van der Waals surface area contributed by atoms with E-state index in [9.17, 15) is 0 Å². The lowest BCUT2D eigenvalue weighted by Gasteiger charge is -2.17. The Hall–Kier alpha value is -1.33. The fourth-order valence-electron chi connectivity index (χ4n) is 2.22. The molecular formula is C13H20ClN5. The molecular weight excluding hydrogens is 262 g/mol. The van der Waals surface area contributed by atoms with Gasteiger partial charge in [0.1, 0.15) is 5.52 Å². The molecule has 2 heterocycles. The van der Waals surface area contributed by atoms with Crippen molar-refractivity contribution < 1.29 is 0 Å². The van der Waals surface area contributed by atoms with Gasteiger partial charge >= 0.3 is 0 Å². The monoisotopic (exact) mass is 281 g/mol. The van der Waals surface area contributed by atoms with Gasteiger partial charge in [0.15, 0.2) is 5.65 Å². The molecule has 0 aliphatic rings. The summed E-state index contributed by atoms with van der Waals surface area (Å²) >= 11 is 5.90. The fraction of sp³-hybridized carbons (Fsp3) is 0.538. The zero-order valence-corrected chi connectivity index (χ0v) is 12.2. The van der Waals surface area contributed by atoms with Crippen LogP contribution in [0.3, 0.4) is 0 Å². The molecule has 0 saturated carbocycles. The Morgan fingerprint density at radius 1 is 1.37 bits per heavy atom. The molecule has 0 spiro atoms. The second kappa shape index (κ2) is 6.21. The molecule has 0 amide bonds. The van der Waals surface area contributed by atoms with Crippen LogP contribution in [0.1, 0.15) is 20.3 Å². The summed E-state index contributed by atoms with van der Waals surface area (Å²) in [6.45, 7) is 8.38. The van der Waals surface area contributed by atoms with Gasteiger partial charge in [-0.2, -0.15) is 0 Å². The number of anilines is 1. The quantitative estimate of drug-likeness (QED) is 0.883. The predicted molar refractivity (Wildman–Crippen MR) is 79.4 cm³/mol. The van der Waals surface area contributed by atoms with E-state index in [-0.39, 0.29) is 0 Å². The van der Waals surface area contributed by atoms with Gasteiger partial charge in [-0.05, 0) is 32.1 Å². The lowest BCUT2D eigenvalue weighted by atomic mass is 10.3. The number of nitrogens with two attached hydrogens (primary N) is 1. The standard InChI is InChI=1S/C13H20ClN5/c1-3-18(4-2)6-5-7-19-12-11(17-13(19)15)8-10(14)9-16-12/h8-9H,3-7H2,1-2H3,(H2,15,17). The third-order valence-electron chi connectivity index (χ3n) is 3.33. The average Bonchev–Trinajstić information content (AvgIpc) is 2.70. The van der Waals surface area contributed by atoms with Crippen LogP contribution in [0.2, 0.25) is 5.02 Å². The van der Waals surface area contributed by atoms with Crippen molar-refractivity contribution in [3.63, 3.8) is 0 Å². The highest BCUT2D eigenvalue weighted by atomic mass is 35.5. The minimum atomic E-state index is 0.504. The summed E-state index contributed by atoms with van der Waals surface area (Å²) in [5.41, 5.74) is 7.50. The van der Waals surface area contributed by atoms with E-state index >= 15 is 0 Å². The van der Waals surface area contributed by atoms with Gasteiger partial charge in [0.2, 0.25) is 5.95 Å². The molecule has 104 valence electrons. The Bertz CT molecular complexity index is 547. The molecule has 0 fully saturated rings. The van der Waals surface area contributed by atoms with Crippen LogP contribution in [0.25, 0.3) is 11.2 Å². The second-order valence-corrected chi connectivity index (χ2v) is 4.93. The van der Waals surface area contributed by atoms with Crippen molar-refractivity contribution in [2.45, 2.75) is 26.8 Å². The minimum Gasteiger partial charge on any atom is -0.369 e. The van der Waals surface area contributed by atoms with E-state index in [0.29, 0.717) is 11.0 Å². The Balaban J connectivity index is 2.10. The lowest BCUT2D eigenvalue weighted by Crippen LogP contribution is -2.25. The smallest absolute Gasteiger partial charge is 0.202 e. The second-order valence-electron chi connectivity index (χ2n) is 4.50. The highest BCUT2D eigenvalue weighted by molar-refractivity contribution is 6.31. The van der Waals surface area contributed by atoms with E-state index in [4.69, 9.17) is 17.3 Å². The SMILES string of the molecule is CCN(CC)CCCn1c(N)nc2cc(Cl)cnc21. The maximum atomic E-state index is 5.94. The summed E-state index contributed by atoms with van der Waals surface area (Å²) < 4.78 is 1.95. The molecule has 2 aromatic rings. The van der Waals surface area contributed by atoms with Gasteiger partial charge in [0.25, 0.3) is 0 Å². The molecule has 0 bridgehead atoms. The van der Waals surface area contributed by atoms with Gasteiger partial charge in [-0.15, -0.1) is 0 Å². The van der Waals surface area contributed by atoms with Gasteiger partial charge in [-0.1, -0.05) is 25.4 Å². The summed E-state index contributed by atoms with van der Waals surface area (Å²) in [5.74, 6) is 0.504. The molecule has 0 aliphatic heterocycles. The summed E-state index contributed by atoms with van der Waals surface area (Å²) in [4.78, 5) is 11.0. The normalized spacial score (nSPS) is 11.6. The Labute approximate surface area is 118 Å². The number of halogens is 1. The molecule has 2 aromatic heterocycles. The van der Waals surface area contributed by atoms with Crippen molar-refractivity contribution in [2.24, 2.45) is 0 Å². The highest BCUT2D eigenvalue weighted by Crippen LogP contribution is 2.19. The summed E-state index contributed by atoms with van der Waals surface area (Å²) in [7, 11) is 0. The van der Waals surface area contributed by atoms with E-state index in [1.165, 1.54) is 0 Å². The molecule has 0 atom stereocenters. The molecule has 0 radical (unpaired) electrons. The van der Waals surface area contributed by atoms with Crippen LogP contribution in [0.15, 0.2) is 12.3 Å². The van der Waals surface area contributed by atoms with Crippen LogP contribution in [0.5, 0.6) is 0 Å². The molecule has 0 unspecified atom stereocenters. The Morgan fingerprint density at radius 2 is 2.11 bits per heavy atom. The molecule has 6 heteroatoms. The molecule has 0 saturated heterocycles. The van der Waals surface area contributed by atoms with Gasteiger partial charge in [0, 0.05) is 12.7 Å². The summed E-state index contributed by atoms with van der Waals surface area (Å²) in [5, 5.41) is 0.584. The topological polar surface area (TPSA) is 60.0 Å². The number of aryl methyl sites for hydroxylation is 1. The molecule has 19 heavy (non-hydrogen) atoms. The molecule has 0 aliphatic carbocycles. The van der Waals surface area contributed by atoms with Crippen LogP contribution < -0.4 is 5.73 Å². The number of imidazole rings is 1.